The van der Waals surface area contributed by atoms with Gasteiger partial charge in [-0.15, -0.1) is 0 Å². The van der Waals surface area contributed by atoms with Gasteiger partial charge in [0.15, 0.2) is 0 Å². The maximum atomic E-state index is 11.0. The van der Waals surface area contributed by atoms with Gasteiger partial charge in [0.05, 0.1) is 6.04 Å². The highest BCUT2D eigenvalue weighted by molar-refractivity contribution is 5.81. The highest BCUT2D eigenvalue weighted by Gasteiger charge is 2.08. The second kappa shape index (κ2) is 6.09. The Kier molecular flexibility index (Phi) is 4.75. The van der Waals surface area contributed by atoms with Crippen LogP contribution in [0.25, 0.3) is 0 Å². The first-order chi connectivity index (χ1) is 7.63. The minimum absolute atomic E-state index is 0.0230. The van der Waals surface area contributed by atoms with E-state index in [2.05, 4.69) is 11.8 Å². The first-order valence-corrected chi connectivity index (χ1v) is 5.47. The normalized spacial score (nSPS) is 11.4. The van der Waals surface area contributed by atoms with E-state index in [1.54, 1.807) is 0 Å². The zero-order valence-corrected chi connectivity index (χ0v) is 9.79. The number of carbonyl (C=O) groups excluding carboxylic acids is 1. The van der Waals surface area contributed by atoms with Crippen LogP contribution in [0.15, 0.2) is 24.3 Å². The molecule has 16 heavy (non-hydrogen) atoms. The summed E-state index contributed by atoms with van der Waals surface area (Å²) in [6, 6.07) is 7.48. The summed E-state index contributed by atoms with van der Waals surface area (Å²) < 4.78 is 0. The predicted molar refractivity (Wildman–Crippen MR) is 66.0 cm³/mol. The maximum absolute atomic E-state index is 11.0. The largest absolute Gasteiger partial charge is 0.321 e. The van der Waals surface area contributed by atoms with Crippen LogP contribution in [-0.2, 0) is 11.2 Å². The SMILES string of the molecule is CCC#Cc1ccc(CC(N)C(C)=O)cc1. The van der Waals surface area contributed by atoms with Crippen molar-refractivity contribution in [3.8, 4) is 11.8 Å². The number of hydrogen-bond donors (Lipinski definition) is 1. The molecule has 0 spiro atoms. The molecule has 0 bridgehead atoms. The van der Waals surface area contributed by atoms with Gasteiger partial charge in [-0.25, -0.2) is 0 Å². The van der Waals surface area contributed by atoms with Crippen LogP contribution in [0.2, 0.25) is 0 Å². The van der Waals surface area contributed by atoms with E-state index in [0.717, 1.165) is 17.5 Å². The van der Waals surface area contributed by atoms with E-state index in [1.165, 1.54) is 6.92 Å². The Bertz CT molecular complexity index is 409. The fraction of sp³-hybridized carbons (Fsp3) is 0.357. The minimum atomic E-state index is -0.396. The topological polar surface area (TPSA) is 43.1 Å². The van der Waals surface area contributed by atoms with Crippen molar-refractivity contribution >= 4 is 5.78 Å². The van der Waals surface area contributed by atoms with Crippen molar-refractivity contribution < 1.29 is 4.79 Å². The zero-order chi connectivity index (χ0) is 12.0. The Labute approximate surface area is 96.9 Å². The Morgan fingerprint density at radius 1 is 1.38 bits per heavy atom. The van der Waals surface area contributed by atoms with Gasteiger partial charge in [-0.2, -0.15) is 0 Å². The lowest BCUT2D eigenvalue weighted by Gasteiger charge is -2.07. The van der Waals surface area contributed by atoms with Crippen LogP contribution in [0.3, 0.4) is 0 Å². The lowest BCUT2D eigenvalue weighted by atomic mass is 10.0. The van der Waals surface area contributed by atoms with Gasteiger partial charge in [-0.1, -0.05) is 30.9 Å². The summed E-state index contributed by atoms with van der Waals surface area (Å²) in [4.78, 5) is 11.0. The molecule has 1 aromatic rings. The molecule has 0 aliphatic heterocycles. The molecular weight excluding hydrogens is 198 g/mol. The van der Waals surface area contributed by atoms with E-state index in [1.807, 2.05) is 31.2 Å². The molecule has 1 aromatic carbocycles. The Morgan fingerprint density at radius 2 is 2.00 bits per heavy atom. The third-order valence-corrected chi connectivity index (χ3v) is 2.34. The van der Waals surface area contributed by atoms with E-state index in [-0.39, 0.29) is 5.78 Å². The van der Waals surface area contributed by atoms with Crippen molar-refractivity contribution in [3.05, 3.63) is 35.4 Å². The molecule has 0 aromatic heterocycles. The molecule has 0 saturated carbocycles. The summed E-state index contributed by atoms with van der Waals surface area (Å²) in [6.07, 6.45) is 1.45. The van der Waals surface area contributed by atoms with Gasteiger partial charge in [0.2, 0.25) is 0 Å². The average Bonchev–Trinajstić information content (AvgIpc) is 2.28. The molecule has 2 nitrogen and oxygen atoms in total. The molecule has 0 amide bonds. The number of ketones is 1. The number of nitrogens with two attached hydrogens (primary N) is 1. The fourth-order valence-electron chi connectivity index (χ4n) is 1.31. The monoisotopic (exact) mass is 215 g/mol. The van der Waals surface area contributed by atoms with Gasteiger partial charge >= 0.3 is 0 Å². The fourth-order valence-corrected chi connectivity index (χ4v) is 1.31. The van der Waals surface area contributed by atoms with Crippen molar-refractivity contribution in [3.63, 3.8) is 0 Å². The van der Waals surface area contributed by atoms with Crippen molar-refractivity contribution in [2.75, 3.05) is 0 Å². The van der Waals surface area contributed by atoms with Crippen molar-refractivity contribution in [1.29, 1.82) is 0 Å². The number of carbonyl (C=O) groups is 1. The van der Waals surface area contributed by atoms with E-state index in [9.17, 15) is 4.79 Å². The van der Waals surface area contributed by atoms with Crippen molar-refractivity contribution in [2.24, 2.45) is 5.73 Å². The molecule has 0 radical (unpaired) electrons. The first-order valence-electron chi connectivity index (χ1n) is 5.47. The van der Waals surface area contributed by atoms with Gasteiger partial charge in [0, 0.05) is 12.0 Å². The summed E-state index contributed by atoms with van der Waals surface area (Å²) >= 11 is 0. The zero-order valence-electron chi connectivity index (χ0n) is 9.79. The highest BCUT2D eigenvalue weighted by atomic mass is 16.1. The number of rotatable bonds is 3. The van der Waals surface area contributed by atoms with Gasteiger partial charge in [0.1, 0.15) is 5.78 Å². The maximum Gasteiger partial charge on any atom is 0.146 e. The predicted octanol–water partition coefficient (Wildman–Crippen LogP) is 1.91. The third kappa shape index (κ3) is 3.88. The van der Waals surface area contributed by atoms with Crippen LogP contribution in [0.4, 0.5) is 0 Å². The molecule has 0 aliphatic carbocycles. The molecule has 2 heteroatoms. The number of Topliss-reactive ketones (excluding diaryl/α,β-unsaturated/α-hetero) is 1. The molecule has 1 atom stereocenters. The Balaban J connectivity index is 2.68. The lowest BCUT2D eigenvalue weighted by molar-refractivity contribution is -0.118. The summed E-state index contributed by atoms with van der Waals surface area (Å²) in [5.74, 6) is 6.09. The quantitative estimate of drug-likeness (QED) is 0.783. The van der Waals surface area contributed by atoms with Crippen LogP contribution >= 0.6 is 0 Å². The average molecular weight is 215 g/mol. The Morgan fingerprint density at radius 3 is 2.50 bits per heavy atom. The smallest absolute Gasteiger partial charge is 0.146 e. The first kappa shape index (κ1) is 12.5. The summed E-state index contributed by atoms with van der Waals surface area (Å²) in [5.41, 5.74) is 7.76. The molecule has 0 saturated heterocycles. The van der Waals surface area contributed by atoms with Crippen LogP contribution in [0, 0.1) is 11.8 Å². The van der Waals surface area contributed by atoms with E-state index in [0.29, 0.717) is 6.42 Å². The molecule has 0 fully saturated rings. The summed E-state index contributed by atoms with van der Waals surface area (Å²) in [7, 11) is 0. The molecule has 1 rings (SSSR count). The van der Waals surface area contributed by atoms with Gasteiger partial charge in [-0.05, 0) is 31.0 Å². The second-order valence-electron chi connectivity index (χ2n) is 3.77. The van der Waals surface area contributed by atoms with Crippen LogP contribution in [0.5, 0.6) is 0 Å². The second-order valence-corrected chi connectivity index (χ2v) is 3.77. The molecule has 1 unspecified atom stereocenters. The molecular formula is C14H17NO. The van der Waals surface area contributed by atoms with E-state index in [4.69, 9.17) is 5.73 Å². The number of hydrogen-bond acceptors (Lipinski definition) is 2. The van der Waals surface area contributed by atoms with Crippen LogP contribution in [0.1, 0.15) is 31.4 Å². The van der Waals surface area contributed by atoms with Crippen molar-refractivity contribution in [1.82, 2.24) is 0 Å². The summed E-state index contributed by atoms with van der Waals surface area (Å²) in [6.45, 7) is 3.54. The van der Waals surface area contributed by atoms with Crippen LogP contribution < -0.4 is 5.73 Å². The molecule has 2 N–H and O–H groups in total. The molecule has 84 valence electrons. The van der Waals surface area contributed by atoms with Gasteiger partial charge < -0.3 is 5.73 Å². The van der Waals surface area contributed by atoms with Gasteiger partial charge in [0.25, 0.3) is 0 Å². The summed E-state index contributed by atoms with van der Waals surface area (Å²) in [5, 5.41) is 0. The van der Waals surface area contributed by atoms with E-state index < -0.39 is 6.04 Å². The number of benzene rings is 1. The Hall–Kier alpha value is -1.59. The van der Waals surface area contributed by atoms with Crippen LogP contribution in [-0.4, -0.2) is 11.8 Å². The minimum Gasteiger partial charge on any atom is -0.321 e. The van der Waals surface area contributed by atoms with E-state index >= 15 is 0 Å². The molecule has 0 heterocycles. The molecule has 0 aliphatic rings. The van der Waals surface area contributed by atoms with Gasteiger partial charge in [-0.3, -0.25) is 4.79 Å². The lowest BCUT2D eigenvalue weighted by Crippen LogP contribution is -2.30. The highest BCUT2D eigenvalue weighted by Crippen LogP contribution is 2.06. The standard InChI is InChI=1S/C14H17NO/c1-3-4-5-12-6-8-13(9-7-12)10-14(15)11(2)16/h6-9,14H,3,10,15H2,1-2H3. The van der Waals surface area contributed by atoms with Crippen molar-refractivity contribution in [2.45, 2.75) is 32.7 Å². The third-order valence-electron chi connectivity index (χ3n) is 2.34.